The Morgan fingerprint density at radius 1 is 0.955 bits per heavy atom. The van der Waals surface area contributed by atoms with Crippen molar-refractivity contribution in [3.8, 4) is 24.3 Å². The zero-order chi connectivity index (χ0) is 15.6. The van der Waals surface area contributed by atoms with Crippen molar-refractivity contribution in [1.82, 2.24) is 4.98 Å². The molecule has 8 heteroatoms. The van der Waals surface area contributed by atoms with Crippen molar-refractivity contribution in [1.29, 1.82) is 21.0 Å². The number of nitriles is 4. The van der Waals surface area contributed by atoms with Crippen molar-refractivity contribution in [2.45, 2.75) is 0 Å². The van der Waals surface area contributed by atoms with Gasteiger partial charge in [-0.3, -0.25) is 0 Å². The Morgan fingerprint density at radius 3 is 2.00 bits per heavy atom. The van der Waals surface area contributed by atoms with E-state index in [4.69, 9.17) is 15.8 Å². The van der Waals surface area contributed by atoms with E-state index >= 15 is 0 Å². The first-order valence-corrected chi connectivity index (χ1v) is 5.41. The molecule has 0 aliphatic heterocycles. The summed E-state index contributed by atoms with van der Waals surface area (Å²) in [6.07, 6.45) is 0. The molecule has 0 saturated heterocycles. The van der Waals surface area contributed by atoms with Crippen molar-refractivity contribution in [2.24, 2.45) is 0 Å². The molecule has 96 valence electrons. The maximum absolute atomic E-state index is 11.0. The van der Waals surface area contributed by atoms with E-state index in [2.05, 4.69) is 4.98 Å². The van der Waals surface area contributed by atoms with Crippen LogP contribution >= 0.6 is 0 Å². The molecule has 22 heavy (non-hydrogen) atoms. The molecule has 0 aliphatic carbocycles. The van der Waals surface area contributed by atoms with Crippen LogP contribution in [0.5, 0.6) is 0 Å². The number of fused-ring (bicyclic) bond motifs is 1. The number of nitrogens with zero attached hydrogens (tertiary/aromatic N) is 5. The van der Waals surface area contributed by atoms with E-state index in [1.165, 1.54) is 12.1 Å². The van der Waals surface area contributed by atoms with Gasteiger partial charge in [-0.2, -0.15) is 21.0 Å². The van der Waals surface area contributed by atoms with Gasteiger partial charge in [-0.25, -0.2) is 4.98 Å². The van der Waals surface area contributed by atoms with Gasteiger partial charge in [0.05, 0.1) is 33.7 Å². The first kappa shape index (κ1) is 17.7. The topological polar surface area (TPSA) is 148 Å². The molecule has 1 heterocycles. The monoisotopic (exact) mass is 311 g/mol. The van der Waals surface area contributed by atoms with Gasteiger partial charge in [-0.05, 0) is 12.1 Å². The van der Waals surface area contributed by atoms with Crippen molar-refractivity contribution in [2.75, 3.05) is 0 Å². The van der Waals surface area contributed by atoms with Crippen LogP contribution in [0, 0.1) is 45.3 Å². The van der Waals surface area contributed by atoms with Crippen LogP contribution in [0.15, 0.2) is 12.1 Å². The van der Waals surface area contributed by atoms with E-state index in [9.17, 15) is 15.2 Å². The molecular weight excluding hydrogens is 309 g/mol. The van der Waals surface area contributed by atoms with Crippen LogP contribution in [0.2, 0.25) is 0 Å². The molecule has 0 amide bonds. The summed E-state index contributed by atoms with van der Waals surface area (Å²) >= 11 is 0. The van der Waals surface area contributed by atoms with Gasteiger partial charge in [0.1, 0.15) is 30.0 Å². The van der Waals surface area contributed by atoms with Gasteiger partial charge < -0.3 is 9.90 Å². The first-order valence-electron chi connectivity index (χ1n) is 5.41. The Morgan fingerprint density at radius 2 is 1.55 bits per heavy atom. The van der Waals surface area contributed by atoms with E-state index in [1.54, 1.807) is 24.3 Å². The van der Waals surface area contributed by atoms with Crippen LogP contribution in [-0.4, -0.2) is 11.0 Å². The number of aromatic carboxylic acids is 1. The molecule has 1 aromatic carbocycles. The summed E-state index contributed by atoms with van der Waals surface area (Å²) < 4.78 is 0. The summed E-state index contributed by atoms with van der Waals surface area (Å²) in [4.78, 5) is 14.8. The Hall–Kier alpha value is -2.30. The number of benzene rings is 1. The van der Waals surface area contributed by atoms with Crippen LogP contribution in [-0.2, 0) is 0 Å². The third-order valence-corrected chi connectivity index (χ3v) is 2.80. The Kier molecular flexibility index (Phi) is 5.74. The van der Waals surface area contributed by atoms with Crippen molar-refractivity contribution in [3.05, 3.63) is 40.1 Å². The molecule has 0 atom stereocenters. The average molecular weight is 311 g/mol. The number of carbonyl (C=O) groups is 1. The first-order chi connectivity index (χ1) is 10.1. The fourth-order valence-corrected chi connectivity index (χ4v) is 1.94. The number of aromatic nitrogens is 1. The third kappa shape index (κ3) is 2.71. The summed E-state index contributed by atoms with van der Waals surface area (Å²) in [6.45, 7) is 0. The van der Waals surface area contributed by atoms with Crippen LogP contribution in [0.25, 0.3) is 10.9 Å². The number of carboxylic acid groups (broad SMARTS) is 1. The number of carboxylic acids is 1. The molecule has 0 radical (unpaired) electrons. The van der Waals surface area contributed by atoms with Crippen LogP contribution < -0.4 is 56.5 Å². The number of rotatable bonds is 1. The molecular formula is C14H2KN5O2. The average Bonchev–Trinajstić information content (AvgIpc) is 2.51. The van der Waals surface area contributed by atoms with Gasteiger partial charge in [-0.15, -0.1) is 0 Å². The molecule has 0 fully saturated rings. The number of hydrogen-bond acceptors (Lipinski definition) is 7. The molecule has 7 nitrogen and oxygen atoms in total. The van der Waals surface area contributed by atoms with E-state index in [-0.39, 0.29) is 79.0 Å². The summed E-state index contributed by atoms with van der Waals surface area (Å²) in [6, 6.07) is 9.45. The largest absolute Gasteiger partial charge is 1.00 e. The van der Waals surface area contributed by atoms with E-state index < -0.39 is 17.2 Å². The standard InChI is InChI=1S/C14H3N5O2.K/c15-3-7-1-2-11-12(8(7)4-16)9(5-17)10(6-18)13(19-11)14(20)21;/h1-2H,(H,20,21);/q;+1/p-1. The smallest absolute Gasteiger partial charge is 0.543 e. The molecule has 0 N–H and O–H groups in total. The zero-order valence-corrected chi connectivity index (χ0v) is 14.3. The maximum atomic E-state index is 11.0. The van der Waals surface area contributed by atoms with Crippen LogP contribution in [0.1, 0.15) is 32.7 Å². The van der Waals surface area contributed by atoms with Crippen LogP contribution in [0.4, 0.5) is 0 Å². The Bertz CT molecular complexity index is 971. The third-order valence-electron chi connectivity index (χ3n) is 2.80. The maximum Gasteiger partial charge on any atom is 1.00 e. The summed E-state index contributed by atoms with van der Waals surface area (Å²) in [5.41, 5.74) is -1.56. The quantitative estimate of drug-likeness (QED) is 0.512. The minimum Gasteiger partial charge on any atom is -0.543 e. The predicted molar refractivity (Wildman–Crippen MR) is 64.9 cm³/mol. The predicted octanol–water partition coefficient (Wildman–Crippen LogP) is -2.91. The summed E-state index contributed by atoms with van der Waals surface area (Å²) in [5.74, 6) is -1.70. The number of hydrogen-bond donors (Lipinski definition) is 0. The second-order valence-corrected chi connectivity index (χ2v) is 3.83. The normalized spacial score (nSPS) is 8.73. The second-order valence-electron chi connectivity index (χ2n) is 3.83. The summed E-state index contributed by atoms with van der Waals surface area (Å²) in [5, 5.41) is 47.4. The molecule has 0 unspecified atom stereocenters. The molecule has 0 aliphatic rings. The Labute approximate surface area is 167 Å². The van der Waals surface area contributed by atoms with Crippen molar-refractivity contribution >= 4 is 16.9 Å². The SMILES string of the molecule is N#Cc1ccc2nc(C(=O)[O-])c(C#N)c(C#N)c2c1C#N.[K+]. The van der Waals surface area contributed by atoms with Gasteiger partial charge >= 0.3 is 51.4 Å². The van der Waals surface area contributed by atoms with E-state index in [0.717, 1.165) is 0 Å². The van der Waals surface area contributed by atoms with Gasteiger partial charge in [-0.1, -0.05) is 0 Å². The van der Waals surface area contributed by atoms with Gasteiger partial charge in [0.2, 0.25) is 0 Å². The molecule has 1 aromatic heterocycles. The minimum atomic E-state index is -1.70. The van der Waals surface area contributed by atoms with Gasteiger partial charge in [0.25, 0.3) is 0 Å². The van der Waals surface area contributed by atoms with Gasteiger partial charge in [0, 0.05) is 5.39 Å². The van der Waals surface area contributed by atoms with Gasteiger partial charge in [0.15, 0.2) is 0 Å². The molecule has 2 rings (SSSR count). The fourth-order valence-electron chi connectivity index (χ4n) is 1.94. The Balaban J connectivity index is 0.00000242. The minimum absolute atomic E-state index is 0. The van der Waals surface area contributed by atoms with E-state index in [0.29, 0.717) is 0 Å². The number of carbonyl (C=O) groups excluding carboxylic acids is 1. The molecule has 2 aromatic rings. The zero-order valence-electron chi connectivity index (χ0n) is 11.2. The summed E-state index contributed by atoms with van der Waals surface area (Å²) in [7, 11) is 0. The van der Waals surface area contributed by atoms with Crippen LogP contribution in [0.3, 0.4) is 0 Å². The second kappa shape index (κ2) is 7.11. The number of pyridine rings is 1. The fraction of sp³-hybridized carbons (Fsp3) is 0. The molecule has 0 bridgehead atoms. The molecule has 0 saturated carbocycles. The van der Waals surface area contributed by atoms with Crippen molar-refractivity contribution < 1.29 is 61.3 Å². The molecule has 0 spiro atoms. The van der Waals surface area contributed by atoms with Crippen molar-refractivity contribution in [3.63, 3.8) is 0 Å². The van der Waals surface area contributed by atoms with E-state index in [1.807, 2.05) is 0 Å².